The van der Waals surface area contributed by atoms with Crippen molar-refractivity contribution in [3.8, 4) is 5.75 Å². The molecule has 0 aromatic heterocycles. The van der Waals surface area contributed by atoms with Crippen LogP contribution in [0.3, 0.4) is 0 Å². The van der Waals surface area contributed by atoms with Crippen molar-refractivity contribution in [2.75, 3.05) is 24.0 Å². The van der Waals surface area contributed by atoms with Crippen molar-refractivity contribution in [2.24, 2.45) is 0 Å². The number of ether oxygens (including phenoxy) is 1. The van der Waals surface area contributed by atoms with Crippen molar-refractivity contribution < 1.29 is 26.7 Å². The Kier molecular flexibility index (Phi) is 8.59. The van der Waals surface area contributed by atoms with Crippen LogP contribution in [0.15, 0.2) is 77.7 Å². The molecule has 1 N–H and O–H groups in total. The fraction of sp³-hybridized carbons (Fsp3) is 0.240. The van der Waals surface area contributed by atoms with E-state index in [4.69, 9.17) is 4.74 Å². The zero-order valence-corrected chi connectivity index (χ0v) is 19.5. The lowest BCUT2D eigenvalue weighted by molar-refractivity contribution is -0.119. The average Bonchev–Trinajstić information content (AvgIpc) is 2.83. The summed E-state index contributed by atoms with van der Waals surface area (Å²) >= 11 is 0. The van der Waals surface area contributed by atoms with Crippen molar-refractivity contribution >= 4 is 21.6 Å². The summed E-state index contributed by atoms with van der Waals surface area (Å²) in [6.45, 7) is 2.10. The van der Waals surface area contributed by atoms with Crippen molar-refractivity contribution in [1.82, 2.24) is 5.32 Å². The molecule has 9 heteroatoms. The van der Waals surface area contributed by atoms with E-state index in [0.29, 0.717) is 31.7 Å². The number of sulfonamides is 1. The summed E-state index contributed by atoms with van der Waals surface area (Å²) in [5.74, 6) is -0.814. The van der Waals surface area contributed by atoms with Crippen LogP contribution in [0.1, 0.15) is 18.9 Å². The first-order chi connectivity index (χ1) is 16.3. The molecule has 0 saturated heterocycles. The van der Waals surface area contributed by atoms with Crippen LogP contribution in [0.2, 0.25) is 0 Å². The summed E-state index contributed by atoms with van der Waals surface area (Å²) < 4.78 is 59.4. The Morgan fingerprint density at radius 2 is 1.50 bits per heavy atom. The fourth-order valence-corrected chi connectivity index (χ4v) is 4.70. The number of benzene rings is 3. The summed E-state index contributed by atoms with van der Waals surface area (Å²) in [6.07, 6.45) is 1.23. The Morgan fingerprint density at radius 1 is 0.912 bits per heavy atom. The van der Waals surface area contributed by atoms with E-state index in [-0.39, 0.29) is 16.4 Å². The highest BCUT2D eigenvalue weighted by Crippen LogP contribution is 2.25. The lowest BCUT2D eigenvalue weighted by atomic mass is 10.1. The predicted molar refractivity (Wildman–Crippen MR) is 126 cm³/mol. The number of hydrogen-bond acceptors (Lipinski definition) is 4. The number of anilines is 1. The molecule has 34 heavy (non-hydrogen) atoms. The Labute approximate surface area is 198 Å². The van der Waals surface area contributed by atoms with E-state index < -0.39 is 28.3 Å². The zero-order chi connectivity index (χ0) is 24.6. The van der Waals surface area contributed by atoms with Crippen LogP contribution in [-0.2, 0) is 21.2 Å². The van der Waals surface area contributed by atoms with Crippen LogP contribution in [0.25, 0.3) is 0 Å². The summed E-state index contributed by atoms with van der Waals surface area (Å²) in [5, 5.41) is 2.71. The summed E-state index contributed by atoms with van der Waals surface area (Å²) in [6, 6.07) is 16.9. The molecule has 3 aromatic carbocycles. The van der Waals surface area contributed by atoms with Gasteiger partial charge in [0.1, 0.15) is 23.9 Å². The molecule has 0 fully saturated rings. The van der Waals surface area contributed by atoms with Gasteiger partial charge in [-0.15, -0.1) is 0 Å². The first-order valence-electron chi connectivity index (χ1n) is 10.8. The van der Waals surface area contributed by atoms with Gasteiger partial charge in [0, 0.05) is 6.54 Å². The zero-order valence-electron chi connectivity index (χ0n) is 18.7. The molecule has 0 aliphatic rings. The Hall–Kier alpha value is -3.46. The Bertz CT molecular complexity index is 1180. The fourth-order valence-electron chi connectivity index (χ4n) is 3.28. The summed E-state index contributed by atoms with van der Waals surface area (Å²) in [5.41, 5.74) is 1.10. The molecule has 6 nitrogen and oxygen atoms in total. The van der Waals surface area contributed by atoms with Crippen molar-refractivity contribution in [3.63, 3.8) is 0 Å². The molecular formula is C25H26F2N2O4S. The molecule has 0 spiro atoms. The third-order valence-corrected chi connectivity index (χ3v) is 6.79. The molecule has 180 valence electrons. The van der Waals surface area contributed by atoms with Crippen molar-refractivity contribution in [2.45, 2.75) is 24.7 Å². The van der Waals surface area contributed by atoms with Crippen LogP contribution in [0, 0.1) is 11.6 Å². The minimum Gasteiger partial charge on any atom is -0.494 e. The number of aryl methyl sites for hydroxylation is 1. The molecule has 0 unspecified atom stereocenters. The van der Waals surface area contributed by atoms with Crippen LogP contribution in [0.4, 0.5) is 14.5 Å². The van der Waals surface area contributed by atoms with Crippen LogP contribution in [-0.4, -0.2) is 34.0 Å². The van der Waals surface area contributed by atoms with Gasteiger partial charge in [-0.2, -0.15) is 0 Å². The number of nitrogens with zero attached hydrogens (tertiary/aromatic N) is 1. The van der Waals surface area contributed by atoms with Crippen molar-refractivity contribution in [3.05, 3.63) is 90.0 Å². The molecular weight excluding hydrogens is 462 g/mol. The van der Waals surface area contributed by atoms with E-state index in [9.17, 15) is 22.0 Å². The molecule has 0 atom stereocenters. The van der Waals surface area contributed by atoms with Gasteiger partial charge in [0.25, 0.3) is 10.0 Å². The maximum absolute atomic E-state index is 13.4. The SMILES string of the molecule is CCOc1ccc(S(=O)(=O)N(CC(=O)NCCCc2ccc(F)cc2)c2ccc(F)cc2)cc1. The minimum absolute atomic E-state index is 0.0237. The quantitative estimate of drug-likeness (QED) is 0.408. The van der Waals surface area contributed by atoms with Crippen LogP contribution < -0.4 is 14.4 Å². The number of carbonyl (C=O) groups is 1. The molecule has 0 saturated carbocycles. The predicted octanol–water partition coefficient (Wildman–Crippen LogP) is 4.31. The van der Waals surface area contributed by atoms with Crippen LogP contribution >= 0.6 is 0 Å². The molecule has 0 bridgehead atoms. The molecule has 0 aliphatic heterocycles. The lowest BCUT2D eigenvalue weighted by Crippen LogP contribution is -2.41. The number of nitrogens with one attached hydrogen (secondary N) is 1. The van der Waals surface area contributed by atoms with Gasteiger partial charge in [0.05, 0.1) is 17.2 Å². The smallest absolute Gasteiger partial charge is 0.264 e. The highest BCUT2D eigenvalue weighted by atomic mass is 32.2. The Balaban J connectivity index is 1.70. The first kappa shape index (κ1) is 25.2. The molecule has 1 amide bonds. The first-order valence-corrected chi connectivity index (χ1v) is 12.3. The highest BCUT2D eigenvalue weighted by Gasteiger charge is 2.27. The van der Waals surface area contributed by atoms with Gasteiger partial charge in [0.15, 0.2) is 0 Å². The summed E-state index contributed by atoms with van der Waals surface area (Å²) in [7, 11) is -4.11. The minimum atomic E-state index is -4.11. The van der Waals surface area contributed by atoms with Gasteiger partial charge < -0.3 is 10.1 Å². The topological polar surface area (TPSA) is 75.7 Å². The summed E-state index contributed by atoms with van der Waals surface area (Å²) in [4.78, 5) is 12.6. The van der Waals surface area contributed by atoms with Gasteiger partial charge in [-0.3, -0.25) is 9.10 Å². The molecule has 0 radical (unpaired) electrons. The second-order valence-corrected chi connectivity index (χ2v) is 9.33. The monoisotopic (exact) mass is 488 g/mol. The van der Waals surface area contributed by atoms with E-state index in [1.54, 1.807) is 12.1 Å². The normalized spacial score (nSPS) is 11.1. The van der Waals surface area contributed by atoms with E-state index in [1.807, 2.05) is 6.92 Å². The van der Waals surface area contributed by atoms with Gasteiger partial charge in [-0.1, -0.05) is 12.1 Å². The van der Waals surface area contributed by atoms with E-state index in [2.05, 4.69) is 5.32 Å². The van der Waals surface area contributed by atoms with Gasteiger partial charge in [0.2, 0.25) is 5.91 Å². The van der Waals surface area contributed by atoms with Gasteiger partial charge in [-0.05, 0) is 86.0 Å². The molecule has 3 rings (SSSR count). The van der Waals surface area contributed by atoms with E-state index in [1.165, 1.54) is 48.5 Å². The number of amides is 1. The van der Waals surface area contributed by atoms with Gasteiger partial charge in [-0.25, -0.2) is 17.2 Å². The van der Waals surface area contributed by atoms with Gasteiger partial charge >= 0.3 is 0 Å². The third-order valence-electron chi connectivity index (χ3n) is 5.00. The maximum atomic E-state index is 13.4. The van der Waals surface area contributed by atoms with Crippen LogP contribution in [0.5, 0.6) is 5.75 Å². The number of halogens is 2. The second-order valence-electron chi connectivity index (χ2n) is 7.47. The van der Waals surface area contributed by atoms with E-state index >= 15 is 0 Å². The standard InChI is InChI=1S/C25H26F2N2O4S/c1-2-33-23-13-15-24(16-14-23)34(31,32)29(22-11-9-21(27)10-12-22)18-25(30)28-17-3-4-19-5-7-20(26)8-6-19/h5-16H,2-4,17-18H2,1H3,(H,28,30). The maximum Gasteiger partial charge on any atom is 0.264 e. The average molecular weight is 489 g/mol. The highest BCUT2D eigenvalue weighted by molar-refractivity contribution is 7.92. The second kappa shape index (κ2) is 11.6. The largest absolute Gasteiger partial charge is 0.494 e. The third kappa shape index (κ3) is 6.77. The Morgan fingerprint density at radius 3 is 2.09 bits per heavy atom. The lowest BCUT2D eigenvalue weighted by Gasteiger charge is -2.24. The molecule has 3 aromatic rings. The molecule has 0 heterocycles. The number of rotatable bonds is 11. The molecule has 0 aliphatic carbocycles. The number of carbonyl (C=O) groups excluding carboxylic acids is 1. The van der Waals surface area contributed by atoms with Crippen molar-refractivity contribution in [1.29, 1.82) is 0 Å². The van der Waals surface area contributed by atoms with E-state index in [0.717, 1.165) is 22.0 Å². The number of hydrogen-bond donors (Lipinski definition) is 1.